The molecule has 1 saturated heterocycles. The highest BCUT2D eigenvalue weighted by Crippen LogP contribution is 2.35. The summed E-state index contributed by atoms with van der Waals surface area (Å²) in [5, 5.41) is 1.93. The lowest BCUT2D eigenvalue weighted by Crippen LogP contribution is -2.37. The highest BCUT2D eigenvalue weighted by Gasteiger charge is 2.35. The van der Waals surface area contributed by atoms with Gasteiger partial charge < -0.3 is 9.47 Å². The van der Waals surface area contributed by atoms with E-state index in [1.54, 1.807) is 28.4 Å². The van der Waals surface area contributed by atoms with Gasteiger partial charge in [0.1, 0.15) is 5.75 Å². The Morgan fingerprint density at radius 2 is 2.00 bits per heavy atom. The second kappa shape index (κ2) is 8.40. The van der Waals surface area contributed by atoms with Gasteiger partial charge in [-0.2, -0.15) is 0 Å². The van der Waals surface area contributed by atoms with Gasteiger partial charge in [0.15, 0.2) is 0 Å². The van der Waals surface area contributed by atoms with E-state index in [0.717, 1.165) is 33.1 Å². The number of thiophene rings is 1. The molecule has 0 N–H and O–H groups in total. The molecule has 2 aromatic carbocycles. The Morgan fingerprint density at radius 1 is 1.13 bits per heavy atom. The van der Waals surface area contributed by atoms with Crippen LogP contribution in [-0.4, -0.2) is 41.2 Å². The molecule has 0 bridgehead atoms. The molecule has 0 saturated carbocycles. The van der Waals surface area contributed by atoms with Crippen molar-refractivity contribution < 1.29 is 19.1 Å². The van der Waals surface area contributed by atoms with E-state index in [9.17, 15) is 9.59 Å². The zero-order valence-electron chi connectivity index (χ0n) is 17.0. The molecule has 1 unspecified atom stereocenters. The molecule has 1 atom stereocenters. The Balaban J connectivity index is 1.37. The number of carbonyl (C=O) groups excluding carboxylic acids is 2. The van der Waals surface area contributed by atoms with Crippen LogP contribution >= 0.6 is 23.1 Å². The second-order valence-electron chi connectivity index (χ2n) is 7.50. The summed E-state index contributed by atoms with van der Waals surface area (Å²) in [7, 11) is 0. The molecule has 0 aliphatic carbocycles. The minimum Gasteiger partial charge on any atom is -0.493 e. The fourth-order valence-corrected chi connectivity index (χ4v) is 5.88. The number of hydrogen-bond donors (Lipinski definition) is 0. The number of esters is 1. The molecule has 31 heavy (non-hydrogen) atoms. The van der Waals surface area contributed by atoms with Gasteiger partial charge in [0, 0.05) is 29.2 Å². The first-order valence-corrected chi connectivity index (χ1v) is 12.1. The van der Waals surface area contributed by atoms with Crippen molar-refractivity contribution in [2.24, 2.45) is 0 Å². The van der Waals surface area contributed by atoms with E-state index in [4.69, 9.17) is 9.47 Å². The first kappa shape index (κ1) is 20.2. The Labute approximate surface area is 189 Å². The molecule has 0 radical (unpaired) electrons. The van der Waals surface area contributed by atoms with Crippen molar-refractivity contribution >= 4 is 35.0 Å². The van der Waals surface area contributed by atoms with Crippen LogP contribution in [0.5, 0.6) is 5.75 Å². The Morgan fingerprint density at radius 3 is 2.87 bits per heavy atom. The van der Waals surface area contributed by atoms with E-state index < -0.39 is 11.5 Å². The molecule has 1 amide bonds. The fourth-order valence-electron chi connectivity index (χ4n) is 3.95. The van der Waals surface area contributed by atoms with Crippen LogP contribution in [0.25, 0.3) is 10.4 Å². The topological polar surface area (TPSA) is 55.8 Å². The van der Waals surface area contributed by atoms with E-state index in [0.29, 0.717) is 30.7 Å². The molecule has 5 nitrogen and oxygen atoms in total. The van der Waals surface area contributed by atoms with Crippen LogP contribution in [0.2, 0.25) is 0 Å². The zero-order valence-corrected chi connectivity index (χ0v) is 18.6. The maximum Gasteiger partial charge on any atom is 0.341 e. The summed E-state index contributed by atoms with van der Waals surface area (Å²) >= 11 is 3.02. The molecule has 7 heteroatoms. The lowest BCUT2D eigenvalue weighted by atomic mass is 10.1. The van der Waals surface area contributed by atoms with Crippen molar-refractivity contribution in [3.05, 3.63) is 76.2 Å². The van der Waals surface area contributed by atoms with Gasteiger partial charge in [-0.3, -0.25) is 9.69 Å². The molecule has 2 aliphatic heterocycles. The first-order chi connectivity index (χ1) is 15.1. The molecule has 2 aliphatic rings. The second-order valence-corrected chi connectivity index (χ2v) is 9.56. The third kappa shape index (κ3) is 3.83. The summed E-state index contributed by atoms with van der Waals surface area (Å²) in [6.45, 7) is 3.15. The van der Waals surface area contributed by atoms with Crippen molar-refractivity contribution in [1.82, 2.24) is 4.90 Å². The lowest BCUT2D eigenvalue weighted by Gasteiger charge is -2.24. The van der Waals surface area contributed by atoms with Gasteiger partial charge in [-0.1, -0.05) is 47.7 Å². The number of aryl methyl sites for hydroxylation is 1. The molecule has 1 aromatic heterocycles. The summed E-state index contributed by atoms with van der Waals surface area (Å²) < 4.78 is 11.4. The van der Waals surface area contributed by atoms with Gasteiger partial charge >= 0.3 is 5.97 Å². The Bertz CT molecular complexity index is 1160. The molecular weight excluding hydrogens is 430 g/mol. The smallest absolute Gasteiger partial charge is 0.341 e. The molecule has 158 valence electrons. The van der Waals surface area contributed by atoms with Crippen LogP contribution in [0, 0.1) is 6.92 Å². The monoisotopic (exact) mass is 451 g/mol. The third-order valence-corrected chi connectivity index (χ3v) is 7.47. The standard InChI is InChI=1S/C24H21NO4S2/c1-15-4-2-5-16(14-15)21-19(9-12-30-21)22(26)25-10-13-31-24(25)29-23(27)18-6-3-7-20-17(18)8-11-28-20/h2-7,9,12,14,24H,8,10-11,13H2,1H3. The number of amides is 1. The van der Waals surface area contributed by atoms with E-state index in [1.807, 2.05) is 42.6 Å². The van der Waals surface area contributed by atoms with Crippen molar-refractivity contribution in [3.63, 3.8) is 0 Å². The van der Waals surface area contributed by atoms with Crippen LogP contribution in [0.15, 0.2) is 53.9 Å². The van der Waals surface area contributed by atoms with Gasteiger partial charge in [-0.25, -0.2) is 4.79 Å². The minimum atomic E-state index is -0.636. The number of nitrogens with zero attached hydrogens (tertiary/aromatic N) is 1. The maximum atomic E-state index is 13.4. The fraction of sp³-hybridized carbons (Fsp3) is 0.250. The van der Waals surface area contributed by atoms with Crippen LogP contribution in [0.4, 0.5) is 0 Å². The van der Waals surface area contributed by atoms with Crippen LogP contribution in [-0.2, 0) is 11.2 Å². The van der Waals surface area contributed by atoms with Crippen LogP contribution < -0.4 is 4.74 Å². The van der Waals surface area contributed by atoms with Crippen molar-refractivity contribution in [2.45, 2.75) is 18.9 Å². The third-order valence-electron chi connectivity index (χ3n) is 5.45. The number of benzene rings is 2. The molecule has 0 spiro atoms. The quantitative estimate of drug-likeness (QED) is 0.523. The van der Waals surface area contributed by atoms with Crippen molar-refractivity contribution in [1.29, 1.82) is 0 Å². The number of thioether (sulfide) groups is 1. The van der Waals surface area contributed by atoms with E-state index in [1.165, 1.54) is 11.8 Å². The van der Waals surface area contributed by atoms with E-state index >= 15 is 0 Å². The number of carbonyl (C=O) groups is 2. The molecular formula is C24H21NO4S2. The van der Waals surface area contributed by atoms with E-state index in [-0.39, 0.29) is 5.91 Å². The highest BCUT2D eigenvalue weighted by molar-refractivity contribution is 8.00. The highest BCUT2D eigenvalue weighted by atomic mass is 32.2. The average Bonchev–Trinajstić information content (AvgIpc) is 3.52. The largest absolute Gasteiger partial charge is 0.493 e. The summed E-state index contributed by atoms with van der Waals surface area (Å²) in [6.07, 6.45) is 0.690. The minimum absolute atomic E-state index is 0.109. The number of rotatable bonds is 4. The molecule has 5 rings (SSSR count). The molecule has 1 fully saturated rings. The average molecular weight is 452 g/mol. The van der Waals surface area contributed by atoms with E-state index in [2.05, 4.69) is 6.07 Å². The van der Waals surface area contributed by atoms with Gasteiger partial charge in [0.2, 0.25) is 5.56 Å². The number of ether oxygens (including phenoxy) is 2. The van der Waals surface area contributed by atoms with Gasteiger partial charge in [-0.15, -0.1) is 11.3 Å². The summed E-state index contributed by atoms with van der Waals surface area (Å²) in [4.78, 5) is 28.9. The molecule has 3 heterocycles. The van der Waals surface area contributed by atoms with Gasteiger partial charge in [-0.05, 0) is 36.1 Å². The normalized spacial score (nSPS) is 17.3. The van der Waals surface area contributed by atoms with Crippen LogP contribution in [0.1, 0.15) is 31.8 Å². The summed E-state index contributed by atoms with van der Waals surface area (Å²) in [5.41, 5.74) is 3.58. The first-order valence-electron chi connectivity index (χ1n) is 10.1. The predicted molar refractivity (Wildman–Crippen MR) is 123 cm³/mol. The summed E-state index contributed by atoms with van der Waals surface area (Å²) in [6, 6.07) is 15.4. The zero-order chi connectivity index (χ0) is 21.4. The van der Waals surface area contributed by atoms with Crippen molar-refractivity contribution in [3.8, 4) is 16.2 Å². The predicted octanol–water partition coefficient (Wildman–Crippen LogP) is 4.99. The maximum absolute atomic E-state index is 13.4. The Kier molecular flexibility index (Phi) is 5.46. The SMILES string of the molecule is Cc1cccc(-c2sccc2C(=O)N2CCSC2OC(=O)c2cccc3c2CCO3)c1. The number of hydrogen-bond acceptors (Lipinski definition) is 6. The van der Waals surface area contributed by atoms with Gasteiger partial charge in [0.05, 0.1) is 17.7 Å². The number of fused-ring (bicyclic) bond motifs is 1. The van der Waals surface area contributed by atoms with Crippen molar-refractivity contribution in [2.75, 3.05) is 18.9 Å². The molecule has 3 aromatic rings. The Hall–Kier alpha value is -2.77. The summed E-state index contributed by atoms with van der Waals surface area (Å²) in [5.74, 6) is 0.942. The van der Waals surface area contributed by atoms with Crippen LogP contribution in [0.3, 0.4) is 0 Å². The lowest BCUT2D eigenvalue weighted by molar-refractivity contribution is 0.0144. The van der Waals surface area contributed by atoms with Gasteiger partial charge in [0.25, 0.3) is 5.91 Å².